The van der Waals surface area contributed by atoms with Crippen molar-refractivity contribution < 1.29 is 4.79 Å². The molecule has 0 spiro atoms. The van der Waals surface area contributed by atoms with Crippen LogP contribution in [0.5, 0.6) is 0 Å². The number of thiophene rings is 1. The second-order valence-electron chi connectivity index (χ2n) is 6.26. The van der Waals surface area contributed by atoms with E-state index in [0.29, 0.717) is 6.54 Å². The van der Waals surface area contributed by atoms with Gasteiger partial charge in [-0.3, -0.25) is 5.32 Å². The summed E-state index contributed by atoms with van der Waals surface area (Å²) in [6.45, 7) is 4.88. The fourth-order valence-corrected chi connectivity index (χ4v) is 4.50. The molecule has 3 rings (SSSR count). The lowest BCUT2D eigenvalue weighted by Crippen LogP contribution is -2.38. The summed E-state index contributed by atoms with van der Waals surface area (Å²) in [6, 6.07) is 3.98. The number of rotatable bonds is 4. The highest BCUT2D eigenvalue weighted by Gasteiger charge is 2.23. The number of hydrogen-bond donors (Lipinski definition) is 2. The molecule has 2 amide bonds. The summed E-state index contributed by atoms with van der Waals surface area (Å²) in [4.78, 5) is 19.2. The molecule has 1 aliphatic carbocycles. The zero-order valence-corrected chi connectivity index (χ0v) is 14.6. The highest BCUT2D eigenvalue weighted by molar-refractivity contribution is 7.15. The smallest absolute Gasteiger partial charge is 0.321 e. The van der Waals surface area contributed by atoms with Crippen molar-refractivity contribution in [2.45, 2.75) is 44.9 Å². The van der Waals surface area contributed by atoms with Crippen molar-refractivity contribution in [3.05, 3.63) is 33.0 Å². The number of carbonyl (C=O) groups excluding carboxylic acids is 1. The summed E-state index contributed by atoms with van der Waals surface area (Å²) < 4.78 is 0. The van der Waals surface area contributed by atoms with Gasteiger partial charge in [-0.1, -0.05) is 19.9 Å². The average molecular weight is 335 g/mol. The third-order valence-corrected chi connectivity index (χ3v) is 6.25. The monoisotopic (exact) mass is 335 g/mol. The fraction of sp³-hybridized carbons (Fsp3) is 0.500. The number of aryl methyl sites for hydroxylation is 2. The fourth-order valence-electron chi connectivity index (χ4n) is 2.60. The number of hydrogen-bond acceptors (Lipinski definition) is 4. The van der Waals surface area contributed by atoms with Gasteiger partial charge in [0.15, 0.2) is 5.13 Å². The standard InChI is InChI=1S/C16H21N3OS2/c1-16(2,13-8-5-9-21-13)10-17-14(20)19-15-18-11-6-3-4-7-12(11)22-15/h5,8-9H,3-4,6-7,10H2,1-2H3,(H2,17,18,19,20). The van der Waals surface area contributed by atoms with Gasteiger partial charge in [0.05, 0.1) is 5.69 Å². The highest BCUT2D eigenvalue weighted by atomic mass is 32.1. The van der Waals surface area contributed by atoms with Gasteiger partial charge in [0.25, 0.3) is 0 Å². The van der Waals surface area contributed by atoms with Gasteiger partial charge in [-0.15, -0.1) is 22.7 Å². The minimum atomic E-state index is -0.171. The summed E-state index contributed by atoms with van der Waals surface area (Å²) >= 11 is 3.34. The van der Waals surface area contributed by atoms with Crippen LogP contribution in [-0.4, -0.2) is 17.6 Å². The van der Waals surface area contributed by atoms with Gasteiger partial charge in [0.1, 0.15) is 0 Å². The van der Waals surface area contributed by atoms with Crippen LogP contribution in [0.4, 0.5) is 9.93 Å². The number of fused-ring (bicyclic) bond motifs is 1. The Kier molecular flexibility index (Phi) is 4.49. The van der Waals surface area contributed by atoms with Crippen LogP contribution < -0.4 is 10.6 Å². The number of nitrogens with zero attached hydrogens (tertiary/aromatic N) is 1. The highest BCUT2D eigenvalue weighted by Crippen LogP contribution is 2.30. The Labute approximate surface area is 139 Å². The van der Waals surface area contributed by atoms with E-state index in [2.05, 4.69) is 40.9 Å². The molecular weight excluding hydrogens is 314 g/mol. The van der Waals surface area contributed by atoms with Crippen molar-refractivity contribution in [3.63, 3.8) is 0 Å². The van der Waals surface area contributed by atoms with Gasteiger partial charge in [0, 0.05) is 21.7 Å². The lowest BCUT2D eigenvalue weighted by Gasteiger charge is -2.23. The second-order valence-corrected chi connectivity index (χ2v) is 8.30. The van der Waals surface area contributed by atoms with Crippen molar-refractivity contribution >= 4 is 33.8 Å². The van der Waals surface area contributed by atoms with E-state index in [1.54, 1.807) is 22.7 Å². The molecule has 4 nitrogen and oxygen atoms in total. The molecule has 2 aromatic rings. The Hall–Kier alpha value is -1.40. The number of urea groups is 1. The summed E-state index contributed by atoms with van der Waals surface area (Å²) in [5.74, 6) is 0. The molecule has 0 aliphatic heterocycles. The normalized spacial score (nSPS) is 14.5. The van der Waals surface area contributed by atoms with E-state index < -0.39 is 0 Å². The van der Waals surface area contributed by atoms with Crippen molar-refractivity contribution in [1.29, 1.82) is 0 Å². The van der Waals surface area contributed by atoms with Gasteiger partial charge in [-0.25, -0.2) is 9.78 Å². The lowest BCUT2D eigenvalue weighted by molar-refractivity contribution is 0.250. The van der Waals surface area contributed by atoms with Crippen LogP contribution in [0.15, 0.2) is 17.5 Å². The molecule has 0 atom stereocenters. The van der Waals surface area contributed by atoms with E-state index >= 15 is 0 Å². The van der Waals surface area contributed by atoms with Crippen LogP contribution in [0.3, 0.4) is 0 Å². The predicted molar refractivity (Wildman–Crippen MR) is 93.1 cm³/mol. The third-order valence-electron chi connectivity index (χ3n) is 3.95. The average Bonchev–Trinajstić information content (AvgIpc) is 3.14. The molecule has 118 valence electrons. The quantitative estimate of drug-likeness (QED) is 0.880. The molecule has 0 unspecified atom stereocenters. The zero-order chi connectivity index (χ0) is 15.6. The first-order valence-corrected chi connectivity index (χ1v) is 9.32. The van der Waals surface area contributed by atoms with E-state index in [4.69, 9.17) is 0 Å². The Morgan fingerprint density at radius 2 is 2.18 bits per heavy atom. The molecule has 0 bridgehead atoms. The number of aromatic nitrogens is 1. The Morgan fingerprint density at radius 3 is 2.91 bits per heavy atom. The molecule has 0 aromatic carbocycles. The second kappa shape index (κ2) is 6.38. The molecule has 0 fully saturated rings. The Morgan fingerprint density at radius 1 is 1.36 bits per heavy atom. The molecule has 0 saturated heterocycles. The Balaban J connectivity index is 1.55. The topological polar surface area (TPSA) is 54.0 Å². The molecular formula is C16H21N3OS2. The Bertz CT molecular complexity index is 623. The van der Waals surface area contributed by atoms with E-state index in [0.717, 1.165) is 18.0 Å². The predicted octanol–water partition coefficient (Wildman–Crippen LogP) is 4.18. The molecule has 1 aliphatic rings. The van der Waals surface area contributed by atoms with Crippen LogP contribution in [0, 0.1) is 0 Å². The van der Waals surface area contributed by atoms with Gasteiger partial charge in [-0.05, 0) is 37.1 Å². The molecule has 2 aromatic heterocycles. The van der Waals surface area contributed by atoms with E-state index in [-0.39, 0.29) is 11.4 Å². The van der Waals surface area contributed by atoms with Crippen molar-refractivity contribution in [2.24, 2.45) is 0 Å². The summed E-state index contributed by atoms with van der Waals surface area (Å²) in [5, 5.41) is 8.63. The lowest BCUT2D eigenvalue weighted by atomic mass is 9.91. The maximum atomic E-state index is 12.1. The van der Waals surface area contributed by atoms with Crippen molar-refractivity contribution in [2.75, 3.05) is 11.9 Å². The molecule has 2 heterocycles. The van der Waals surface area contributed by atoms with Gasteiger partial charge in [-0.2, -0.15) is 0 Å². The van der Waals surface area contributed by atoms with Crippen LogP contribution in [0.1, 0.15) is 42.1 Å². The van der Waals surface area contributed by atoms with E-state index in [1.807, 2.05) is 6.07 Å². The third kappa shape index (κ3) is 3.50. The number of anilines is 1. The first-order valence-electron chi connectivity index (χ1n) is 7.62. The summed E-state index contributed by atoms with van der Waals surface area (Å²) in [6.07, 6.45) is 4.58. The summed E-state index contributed by atoms with van der Waals surface area (Å²) in [5.41, 5.74) is 1.11. The van der Waals surface area contributed by atoms with Crippen LogP contribution in [0.25, 0.3) is 0 Å². The molecule has 2 N–H and O–H groups in total. The maximum Gasteiger partial charge on any atom is 0.321 e. The maximum absolute atomic E-state index is 12.1. The number of thiazole rings is 1. The van der Waals surface area contributed by atoms with Gasteiger partial charge in [0.2, 0.25) is 0 Å². The van der Waals surface area contributed by atoms with Crippen LogP contribution in [-0.2, 0) is 18.3 Å². The number of carbonyl (C=O) groups is 1. The minimum Gasteiger partial charge on any atom is -0.337 e. The molecule has 22 heavy (non-hydrogen) atoms. The molecule has 0 saturated carbocycles. The van der Waals surface area contributed by atoms with Crippen molar-refractivity contribution in [3.8, 4) is 0 Å². The summed E-state index contributed by atoms with van der Waals surface area (Å²) in [7, 11) is 0. The van der Waals surface area contributed by atoms with Gasteiger partial charge < -0.3 is 5.32 Å². The zero-order valence-electron chi connectivity index (χ0n) is 12.9. The van der Waals surface area contributed by atoms with Crippen LogP contribution in [0.2, 0.25) is 0 Å². The minimum absolute atomic E-state index is 0.0619. The first-order chi connectivity index (χ1) is 10.5. The van der Waals surface area contributed by atoms with Crippen LogP contribution >= 0.6 is 22.7 Å². The first kappa shape index (κ1) is 15.5. The van der Waals surface area contributed by atoms with E-state index in [9.17, 15) is 4.79 Å². The molecule has 6 heteroatoms. The largest absolute Gasteiger partial charge is 0.337 e. The molecule has 0 radical (unpaired) electrons. The van der Waals surface area contributed by atoms with E-state index in [1.165, 1.54) is 28.3 Å². The number of nitrogens with one attached hydrogen (secondary N) is 2. The SMILES string of the molecule is CC(C)(CNC(=O)Nc1nc2c(s1)CCCC2)c1cccs1. The number of amides is 2. The van der Waals surface area contributed by atoms with Crippen molar-refractivity contribution in [1.82, 2.24) is 10.3 Å². The van der Waals surface area contributed by atoms with Gasteiger partial charge >= 0.3 is 6.03 Å².